The molecular weight excluding hydrogens is 436 g/mol. The van der Waals surface area contributed by atoms with Crippen molar-refractivity contribution in [2.24, 2.45) is 11.8 Å². The van der Waals surface area contributed by atoms with E-state index < -0.39 is 23.8 Å². The van der Waals surface area contributed by atoms with E-state index in [9.17, 15) is 19.5 Å². The molecule has 0 spiro atoms. The number of aliphatic hydroxyl groups excluding tert-OH is 2. The molecular formula is C27H38O7. The van der Waals surface area contributed by atoms with Gasteiger partial charge in [-0.15, -0.1) is 0 Å². The lowest BCUT2D eigenvalue weighted by atomic mass is 9.92. The standard InChI is InChI=1S/C11H12O3.C9H20O2.C7H6O2/c1-6-4-7(2)9(8(3)5-6)10(12)11(13)14;1-6(2)5-9(11)7(3)8(4)10;8-7(9)6-4-2-1-3-5-6/h4-5H,1-3H3,(H,13,14);6-11H,5H2,1-4H3;1-5H,(H,8,9). The molecule has 2 aromatic rings. The van der Waals surface area contributed by atoms with E-state index in [1.165, 1.54) is 0 Å². The SMILES string of the molecule is CC(C)CC(O)C(C)C(C)O.Cc1cc(C)c(C(=O)C(=O)O)c(C)c1.O=C(O)c1ccccc1. The molecule has 0 aromatic heterocycles. The Bertz CT molecular complexity index is 910. The minimum atomic E-state index is -1.40. The van der Waals surface area contributed by atoms with Crippen LogP contribution in [0.1, 0.15) is 71.5 Å². The van der Waals surface area contributed by atoms with Gasteiger partial charge in [0.2, 0.25) is 0 Å². The molecule has 2 aromatic carbocycles. The van der Waals surface area contributed by atoms with Gasteiger partial charge in [0.05, 0.1) is 17.8 Å². The summed E-state index contributed by atoms with van der Waals surface area (Å²) < 4.78 is 0. The highest BCUT2D eigenvalue weighted by atomic mass is 16.4. The quantitative estimate of drug-likeness (QED) is 0.338. The number of Topliss-reactive ketones (excluding diaryl/α,β-unsaturated/α-hetero) is 1. The second-order valence-electron chi connectivity index (χ2n) is 8.88. The largest absolute Gasteiger partial charge is 0.478 e. The third-order valence-electron chi connectivity index (χ3n) is 5.20. The first-order chi connectivity index (χ1) is 15.7. The monoisotopic (exact) mass is 474 g/mol. The van der Waals surface area contributed by atoms with Crippen LogP contribution in [0.3, 0.4) is 0 Å². The van der Waals surface area contributed by atoms with Crippen LogP contribution in [0.4, 0.5) is 0 Å². The second kappa shape index (κ2) is 15.0. The smallest absolute Gasteiger partial charge is 0.377 e. The molecule has 7 nitrogen and oxygen atoms in total. The molecule has 0 saturated carbocycles. The number of aryl methyl sites for hydroxylation is 3. The Morgan fingerprint density at radius 2 is 1.29 bits per heavy atom. The van der Waals surface area contributed by atoms with Crippen LogP contribution in [0.5, 0.6) is 0 Å². The van der Waals surface area contributed by atoms with Crippen molar-refractivity contribution in [2.45, 2.75) is 67.1 Å². The Kier molecular flexibility index (Phi) is 13.6. The highest BCUT2D eigenvalue weighted by molar-refractivity contribution is 6.40. The number of rotatable bonds is 7. The Labute approximate surface area is 202 Å². The molecule has 0 amide bonds. The van der Waals surface area contributed by atoms with Crippen LogP contribution in [0, 0.1) is 32.6 Å². The predicted molar refractivity (Wildman–Crippen MR) is 132 cm³/mol. The third kappa shape index (κ3) is 11.2. The van der Waals surface area contributed by atoms with Gasteiger partial charge in [0.15, 0.2) is 0 Å². The van der Waals surface area contributed by atoms with E-state index in [0.29, 0.717) is 17.0 Å². The van der Waals surface area contributed by atoms with Gasteiger partial charge in [0.25, 0.3) is 5.78 Å². The minimum absolute atomic E-state index is 0.0163. The Morgan fingerprint density at radius 3 is 1.62 bits per heavy atom. The Morgan fingerprint density at radius 1 is 0.824 bits per heavy atom. The summed E-state index contributed by atoms with van der Waals surface area (Å²) in [6.07, 6.45) is -0.00903. The van der Waals surface area contributed by atoms with Crippen molar-refractivity contribution in [1.29, 1.82) is 0 Å². The number of carboxylic acids is 2. The second-order valence-corrected chi connectivity index (χ2v) is 8.88. The molecule has 0 saturated heterocycles. The number of carbonyl (C=O) groups excluding carboxylic acids is 1. The number of aliphatic carboxylic acids is 1. The van der Waals surface area contributed by atoms with Crippen molar-refractivity contribution in [1.82, 2.24) is 0 Å². The topological polar surface area (TPSA) is 132 Å². The zero-order chi connectivity index (χ0) is 26.6. The van der Waals surface area contributed by atoms with E-state index >= 15 is 0 Å². The van der Waals surface area contributed by atoms with E-state index in [0.717, 1.165) is 23.1 Å². The fourth-order valence-corrected chi connectivity index (χ4v) is 3.24. The fourth-order valence-electron chi connectivity index (χ4n) is 3.24. The minimum Gasteiger partial charge on any atom is -0.478 e. The summed E-state index contributed by atoms with van der Waals surface area (Å²) in [5.41, 5.74) is 3.10. The molecule has 4 N–H and O–H groups in total. The van der Waals surface area contributed by atoms with Crippen molar-refractivity contribution in [2.75, 3.05) is 0 Å². The predicted octanol–water partition coefficient (Wildman–Crippen LogP) is 4.67. The first-order valence-electron chi connectivity index (χ1n) is 11.2. The summed E-state index contributed by atoms with van der Waals surface area (Å²) in [6, 6.07) is 11.9. The summed E-state index contributed by atoms with van der Waals surface area (Å²) in [7, 11) is 0. The number of aliphatic hydroxyl groups is 2. The molecule has 34 heavy (non-hydrogen) atoms. The number of hydrogen-bond donors (Lipinski definition) is 4. The van der Waals surface area contributed by atoms with Crippen LogP contribution in [0.2, 0.25) is 0 Å². The highest BCUT2D eigenvalue weighted by Gasteiger charge is 2.20. The maximum atomic E-state index is 11.3. The van der Waals surface area contributed by atoms with E-state index in [4.69, 9.17) is 15.3 Å². The molecule has 3 unspecified atom stereocenters. The van der Waals surface area contributed by atoms with Crippen LogP contribution in [0.25, 0.3) is 0 Å². The van der Waals surface area contributed by atoms with Crippen molar-refractivity contribution < 1.29 is 34.8 Å². The maximum Gasteiger partial charge on any atom is 0.377 e. The van der Waals surface area contributed by atoms with Crippen LogP contribution in [0.15, 0.2) is 42.5 Å². The molecule has 0 radical (unpaired) electrons. The average molecular weight is 475 g/mol. The molecule has 0 heterocycles. The third-order valence-corrected chi connectivity index (χ3v) is 5.20. The average Bonchev–Trinajstić information content (AvgIpc) is 2.73. The molecule has 2 rings (SSSR count). The highest BCUT2D eigenvalue weighted by Crippen LogP contribution is 2.17. The summed E-state index contributed by atoms with van der Waals surface area (Å²) in [5, 5.41) is 35.6. The maximum absolute atomic E-state index is 11.3. The number of aromatic carboxylic acids is 1. The number of carboxylic acid groups (broad SMARTS) is 2. The molecule has 0 bridgehead atoms. The number of hydrogen-bond acceptors (Lipinski definition) is 5. The lowest BCUT2D eigenvalue weighted by molar-refractivity contribution is -0.131. The zero-order valence-corrected chi connectivity index (χ0v) is 21.1. The molecule has 188 valence electrons. The van der Waals surface area contributed by atoms with Crippen LogP contribution >= 0.6 is 0 Å². The van der Waals surface area contributed by atoms with Crippen LogP contribution < -0.4 is 0 Å². The summed E-state index contributed by atoms with van der Waals surface area (Å²) in [4.78, 5) is 32.0. The van der Waals surface area contributed by atoms with E-state index in [1.54, 1.807) is 51.1 Å². The lowest BCUT2D eigenvalue weighted by Gasteiger charge is -2.22. The Hall–Kier alpha value is -3.03. The molecule has 0 aliphatic carbocycles. The number of benzene rings is 2. The molecule has 7 heteroatoms. The van der Waals surface area contributed by atoms with Crippen molar-refractivity contribution in [3.05, 3.63) is 70.3 Å². The van der Waals surface area contributed by atoms with Crippen molar-refractivity contribution in [3.8, 4) is 0 Å². The van der Waals surface area contributed by atoms with E-state index in [-0.39, 0.29) is 12.0 Å². The lowest BCUT2D eigenvalue weighted by Crippen LogP contribution is -2.28. The zero-order valence-electron chi connectivity index (χ0n) is 21.1. The van der Waals surface area contributed by atoms with Gasteiger partial charge in [-0.05, 0) is 63.3 Å². The Balaban J connectivity index is 0.000000493. The first-order valence-corrected chi connectivity index (χ1v) is 11.2. The summed E-state index contributed by atoms with van der Waals surface area (Å²) in [5.74, 6) is -2.64. The van der Waals surface area contributed by atoms with Gasteiger partial charge >= 0.3 is 11.9 Å². The van der Waals surface area contributed by atoms with E-state index in [2.05, 4.69) is 13.8 Å². The van der Waals surface area contributed by atoms with Gasteiger partial charge in [-0.2, -0.15) is 0 Å². The fraction of sp³-hybridized carbons (Fsp3) is 0.444. The summed E-state index contributed by atoms with van der Waals surface area (Å²) >= 11 is 0. The van der Waals surface area contributed by atoms with Gasteiger partial charge in [-0.3, -0.25) is 4.79 Å². The molecule has 0 fully saturated rings. The molecule has 0 aliphatic heterocycles. The van der Waals surface area contributed by atoms with Crippen LogP contribution in [-0.2, 0) is 4.79 Å². The van der Waals surface area contributed by atoms with Crippen LogP contribution in [-0.4, -0.2) is 50.4 Å². The van der Waals surface area contributed by atoms with Gasteiger partial charge in [0.1, 0.15) is 0 Å². The molecule has 3 atom stereocenters. The number of carbonyl (C=O) groups is 3. The van der Waals surface area contributed by atoms with Gasteiger partial charge < -0.3 is 20.4 Å². The number of ketones is 1. The van der Waals surface area contributed by atoms with E-state index in [1.807, 2.05) is 26.0 Å². The molecule has 0 aliphatic rings. The van der Waals surface area contributed by atoms with Crippen molar-refractivity contribution >= 4 is 17.7 Å². The first kappa shape index (κ1) is 31.0. The van der Waals surface area contributed by atoms with Gasteiger partial charge in [-0.1, -0.05) is 56.7 Å². The van der Waals surface area contributed by atoms with Gasteiger partial charge in [-0.25, -0.2) is 9.59 Å². The van der Waals surface area contributed by atoms with Gasteiger partial charge in [0, 0.05) is 11.5 Å². The normalized spacial score (nSPS) is 12.9. The summed E-state index contributed by atoms with van der Waals surface area (Å²) in [6.45, 7) is 13.1. The van der Waals surface area contributed by atoms with Crippen molar-refractivity contribution in [3.63, 3.8) is 0 Å².